The van der Waals surface area contributed by atoms with Crippen molar-refractivity contribution < 1.29 is 20.1 Å². The van der Waals surface area contributed by atoms with Crippen molar-refractivity contribution in [3.8, 4) is 0 Å². The van der Waals surface area contributed by atoms with Crippen molar-refractivity contribution in [2.24, 2.45) is 0 Å². The second kappa shape index (κ2) is 6.54. The van der Waals surface area contributed by atoms with E-state index in [0.29, 0.717) is 12.1 Å². The number of aliphatic hydroxyl groups excluding tert-OH is 3. The van der Waals surface area contributed by atoms with Crippen molar-refractivity contribution in [2.45, 2.75) is 30.8 Å². The van der Waals surface area contributed by atoms with Crippen LogP contribution in [0.1, 0.15) is 23.1 Å². The third kappa shape index (κ3) is 3.03. The van der Waals surface area contributed by atoms with Crippen LogP contribution in [0.25, 0.3) is 0 Å². The minimum Gasteiger partial charge on any atom is -0.394 e. The molecule has 1 saturated heterocycles. The van der Waals surface area contributed by atoms with Crippen LogP contribution in [-0.2, 0) is 11.2 Å². The summed E-state index contributed by atoms with van der Waals surface area (Å²) in [4.78, 5) is 4.53. The van der Waals surface area contributed by atoms with Gasteiger partial charge in [0.1, 0.15) is 24.4 Å². The molecule has 0 radical (unpaired) electrons. The Bertz CT molecular complexity index is 619. The van der Waals surface area contributed by atoms with Gasteiger partial charge in [0, 0.05) is 12.1 Å². The van der Waals surface area contributed by atoms with Crippen LogP contribution in [0.2, 0.25) is 0 Å². The van der Waals surface area contributed by atoms with Crippen molar-refractivity contribution in [1.82, 2.24) is 4.98 Å². The molecule has 0 aliphatic carbocycles. The molecular weight excluding hydrogens is 282 g/mol. The molecule has 3 N–H and O–H groups in total. The van der Waals surface area contributed by atoms with Crippen LogP contribution >= 0.6 is 0 Å². The molecule has 1 aromatic heterocycles. The Morgan fingerprint density at radius 3 is 2.41 bits per heavy atom. The second-order valence-corrected chi connectivity index (χ2v) is 5.48. The summed E-state index contributed by atoms with van der Waals surface area (Å²) in [6.45, 7) is -0.335. The Balaban J connectivity index is 1.80. The van der Waals surface area contributed by atoms with Gasteiger partial charge >= 0.3 is 0 Å². The van der Waals surface area contributed by atoms with E-state index in [-0.39, 0.29) is 6.61 Å². The number of benzene rings is 1. The molecule has 5 nitrogen and oxygen atoms in total. The summed E-state index contributed by atoms with van der Waals surface area (Å²) in [7, 11) is 0. The largest absolute Gasteiger partial charge is 0.394 e. The summed E-state index contributed by atoms with van der Waals surface area (Å²) in [6.07, 6.45) is -3.00. The quantitative estimate of drug-likeness (QED) is 0.779. The lowest BCUT2D eigenvalue weighted by Gasteiger charge is -2.15. The molecule has 2 heterocycles. The van der Waals surface area contributed by atoms with E-state index in [9.17, 15) is 10.2 Å². The number of nitrogens with zero attached hydrogens (tertiary/aromatic N) is 1. The van der Waals surface area contributed by atoms with Crippen LogP contribution < -0.4 is 0 Å². The first-order valence-electron chi connectivity index (χ1n) is 7.31. The Kier molecular flexibility index (Phi) is 4.49. The maximum atomic E-state index is 10.1. The van der Waals surface area contributed by atoms with Crippen molar-refractivity contribution in [1.29, 1.82) is 0 Å². The molecule has 0 spiro atoms. The molecule has 0 saturated carbocycles. The summed E-state index contributed by atoms with van der Waals surface area (Å²) >= 11 is 0. The Hall–Kier alpha value is -1.79. The fourth-order valence-corrected chi connectivity index (χ4v) is 2.70. The van der Waals surface area contributed by atoms with E-state index in [2.05, 4.69) is 4.98 Å². The van der Waals surface area contributed by atoms with Gasteiger partial charge < -0.3 is 20.1 Å². The SMILES string of the molecule is OC[C@H]1O[C@@H](c2cccc(Cc3ccccc3)n2)[C@H](O)[C@@H]1O. The lowest BCUT2D eigenvalue weighted by atomic mass is 10.0. The summed E-state index contributed by atoms with van der Waals surface area (Å²) in [5.74, 6) is 0. The highest BCUT2D eigenvalue weighted by Crippen LogP contribution is 2.32. The molecule has 1 aliphatic heterocycles. The molecule has 1 aliphatic rings. The number of hydrogen-bond acceptors (Lipinski definition) is 5. The first-order valence-corrected chi connectivity index (χ1v) is 7.31. The van der Waals surface area contributed by atoms with Gasteiger partial charge in [-0.1, -0.05) is 36.4 Å². The molecule has 116 valence electrons. The van der Waals surface area contributed by atoms with Gasteiger partial charge in [0.2, 0.25) is 0 Å². The van der Waals surface area contributed by atoms with E-state index in [1.54, 1.807) is 6.07 Å². The van der Waals surface area contributed by atoms with Crippen molar-refractivity contribution in [3.05, 3.63) is 65.5 Å². The average molecular weight is 301 g/mol. The zero-order valence-electron chi connectivity index (χ0n) is 12.0. The molecule has 0 unspecified atom stereocenters. The molecule has 0 bridgehead atoms. The zero-order chi connectivity index (χ0) is 15.5. The van der Waals surface area contributed by atoms with Gasteiger partial charge in [-0.05, 0) is 17.7 Å². The third-order valence-electron chi connectivity index (χ3n) is 3.89. The summed E-state index contributed by atoms with van der Waals surface area (Å²) < 4.78 is 5.51. The van der Waals surface area contributed by atoms with E-state index in [1.807, 2.05) is 42.5 Å². The summed E-state index contributed by atoms with van der Waals surface area (Å²) in [5, 5.41) is 29.0. The molecule has 1 aromatic carbocycles. The van der Waals surface area contributed by atoms with Crippen LogP contribution in [0, 0.1) is 0 Å². The number of ether oxygens (including phenoxy) is 1. The van der Waals surface area contributed by atoms with Crippen molar-refractivity contribution >= 4 is 0 Å². The number of hydrogen-bond donors (Lipinski definition) is 3. The third-order valence-corrected chi connectivity index (χ3v) is 3.89. The minimum absolute atomic E-state index is 0.335. The van der Waals surface area contributed by atoms with E-state index < -0.39 is 24.4 Å². The molecule has 0 amide bonds. The fourth-order valence-electron chi connectivity index (χ4n) is 2.70. The van der Waals surface area contributed by atoms with Crippen LogP contribution in [0.5, 0.6) is 0 Å². The standard InChI is InChI=1S/C17H19NO4/c19-10-14-15(20)16(21)17(22-14)13-8-4-7-12(18-13)9-11-5-2-1-3-6-11/h1-8,14-17,19-21H,9-10H2/t14-,15-,16-,17+/m1/s1. The van der Waals surface area contributed by atoms with Crippen molar-refractivity contribution in [3.63, 3.8) is 0 Å². The number of aliphatic hydroxyl groups is 3. The van der Waals surface area contributed by atoms with E-state index in [1.165, 1.54) is 0 Å². The Morgan fingerprint density at radius 2 is 1.73 bits per heavy atom. The Labute approximate surface area is 128 Å². The highest BCUT2D eigenvalue weighted by Gasteiger charge is 2.43. The predicted molar refractivity (Wildman–Crippen MR) is 80.2 cm³/mol. The van der Waals surface area contributed by atoms with E-state index in [4.69, 9.17) is 9.84 Å². The smallest absolute Gasteiger partial charge is 0.128 e. The maximum Gasteiger partial charge on any atom is 0.128 e. The zero-order valence-corrected chi connectivity index (χ0v) is 12.0. The van der Waals surface area contributed by atoms with Crippen LogP contribution in [-0.4, -0.2) is 45.2 Å². The fraction of sp³-hybridized carbons (Fsp3) is 0.353. The molecule has 22 heavy (non-hydrogen) atoms. The predicted octanol–water partition coefficient (Wildman–Crippen LogP) is 0.826. The lowest BCUT2D eigenvalue weighted by molar-refractivity contribution is -0.0239. The monoisotopic (exact) mass is 301 g/mol. The molecule has 5 heteroatoms. The number of pyridine rings is 1. The highest BCUT2D eigenvalue weighted by atomic mass is 16.6. The van der Waals surface area contributed by atoms with E-state index in [0.717, 1.165) is 11.3 Å². The molecule has 4 atom stereocenters. The topological polar surface area (TPSA) is 82.8 Å². The van der Waals surface area contributed by atoms with Crippen LogP contribution in [0.15, 0.2) is 48.5 Å². The minimum atomic E-state index is -1.10. The van der Waals surface area contributed by atoms with Gasteiger partial charge in [-0.25, -0.2) is 0 Å². The average Bonchev–Trinajstić information content (AvgIpc) is 2.84. The molecule has 3 rings (SSSR count). The first-order chi connectivity index (χ1) is 10.7. The van der Waals surface area contributed by atoms with Gasteiger partial charge in [0.15, 0.2) is 0 Å². The number of rotatable bonds is 4. The molecular formula is C17H19NO4. The van der Waals surface area contributed by atoms with Crippen molar-refractivity contribution in [2.75, 3.05) is 6.61 Å². The first kappa shape index (κ1) is 15.1. The van der Waals surface area contributed by atoms with Gasteiger partial charge in [-0.15, -0.1) is 0 Å². The Morgan fingerprint density at radius 1 is 0.955 bits per heavy atom. The van der Waals surface area contributed by atoms with Crippen LogP contribution in [0.3, 0.4) is 0 Å². The molecule has 1 fully saturated rings. The van der Waals surface area contributed by atoms with Gasteiger partial charge in [0.25, 0.3) is 0 Å². The number of aromatic nitrogens is 1. The van der Waals surface area contributed by atoms with Gasteiger partial charge in [-0.3, -0.25) is 4.98 Å². The summed E-state index contributed by atoms with van der Waals surface area (Å²) in [5.41, 5.74) is 2.57. The maximum absolute atomic E-state index is 10.1. The summed E-state index contributed by atoms with van der Waals surface area (Å²) in [6, 6.07) is 15.5. The lowest BCUT2D eigenvalue weighted by Crippen LogP contribution is -2.32. The van der Waals surface area contributed by atoms with Gasteiger partial charge in [0.05, 0.1) is 12.3 Å². The highest BCUT2D eigenvalue weighted by molar-refractivity contribution is 5.24. The van der Waals surface area contributed by atoms with E-state index >= 15 is 0 Å². The van der Waals surface area contributed by atoms with Crippen LogP contribution in [0.4, 0.5) is 0 Å². The second-order valence-electron chi connectivity index (χ2n) is 5.48. The normalized spacial score (nSPS) is 28.0. The van der Waals surface area contributed by atoms with Gasteiger partial charge in [-0.2, -0.15) is 0 Å². The molecule has 2 aromatic rings.